The number of sulfonamides is 1. The molecule has 6 nitrogen and oxygen atoms in total. The number of halogens is 1. The Morgan fingerprint density at radius 1 is 1.35 bits per heavy atom. The molecule has 0 radical (unpaired) electrons. The Hall–Kier alpha value is -1.51. The van der Waals surface area contributed by atoms with Crippen molar-refractivity contribution in [3.63, 3.8) is 0 Å². The molecule has 1 aromatic carbocycles. The number of carbonyl (C=O) groups is 1. The van der Waals surface area contributed by atoms with Gasteiger partial charge in [0.15, 0.2) is 0 Å². The highest BCUT2D eigenvalue weighted by Gasteiger charge is 2.31. The van der Waals surface area contributed by atoms with Gasteiger partial charge in [-0.05, 0) is 62.8 Å². The van der Waals surface area contributed by atoms with E-state index in [2.05, 4.69) is 10.6 Å². The van der Waals surface area contributed by atoms with Crippen molar-refractivity contribution in [2.75, 3.05) is 26.2 Å². The number of nitrogens with one attached hydrogen (secondary N) is 2. The van der Waals surface area contributed by atoms with Gasteiger partial charge in [-0.15, -0.1) is 0 Å². The van der Waals surface area contributed by atoms with E-state index in [1.165, 1.54) is 16.4 Å². The van der Waals surface area contributed by atoms with Gasteiger partial charge in [-0.25, -0.2) is 12.8 Å². The Morgan fingerprint density at radius 3 is 2.85 bits per heavy atom. The molecule has 2 heterocycles. The van der Waals surface area contributed by atoms with Crippen LogP contribution in [-0.4, -0.2) is 50.9 Å². The van der Waals surface area contributed by atoms with Crippen molar-refractivity contribution in [1.29, 1.82) is 0 Å². The van der Waals surface area contributed by atoms with Crippen molar-refractivity contribution in [2.24, 2.45) is 5.92 Å². The van der Waals surface area contributed by atoms with Crippen LogP contribution >= 0.6 is 0 Å². The Kier molecular flexibility index (Phi) is 5.94. The molecule has 2 fully saturated rings. The molecule has 0 aliphatic carbocycles. The highest BCUT2D eigenvalue weighted by atomic mass is 32.2. The van der Waals surface area contributed by atoms with Crippen molar-refractivity contribution >= 4 is 15.9 Å². The zero-order valence-electron chi connectivity index (χ0n) is 15.0. The van der Waals surface area contributed by atoms with Crippen molar-refractivity contribution in [3.8, 4) is 0 Å². The predicted octanol–water partition coefficient (Wildman–Crippen LogP) is 1.40. The second kappa shape index (κ2) is 8.02. The SMILES string of the molecule is Cc1ccc(S(=O)(=O)N2CCCC(CNC(=O)C3CCCN3)C2)cc1F. The summed E-state index contributed by atoms with van der Waals surface area (Å²) >= 11 is 0. The van der Waals surface area contributed by atoms with E-state index in [0.29, 0.717) is 25.2 Å². The van der Waals surface area contributed by atoms with Crippen molar-refractivity contribution in [1.82, 2.24) is 14.9 Å². The van der Waals surface area contributed by atoms with Gasteiger partial charge in [0.2, 0.25) is 15.9 Å². The van der Waals surface area contributed by atoms with Crippen molar-refractivity contribution < 1.29 is 17.6 Å². The number of amides is 1. The molecule has 0 saturated carbocycles. The molecule has 0 bridgehead atoms. The van der Waals surface area contributed by atoms with Gasteiger partial charge in [0.1, 0.15) is 5.82 Å². The lowest BCUT2D eigenvalue weighted by Crippen LogP contribution is -2.46. The lowest BCUT2D eigenvalue weighted by Gasteiger charge is -2.32. The van der Waals surface area contributed by atoms with Gasteiger partial charge in [0.05, 0.1) is 10.9 Å². The van der Waals surface area contributed by atoms with Gasteiger partial charge in [-0.3, -0.25) is 4.79 Å². The molecule has 144 valence electrons. The number of nitrogens with zero attached hydrogens (tertiary/aromatic N) is 1. The van der Waals surface area contributed by atoms with E-state index in [0.717, 1.165) is 38.3 Å². The van der Waals surface area contributed by atoms with Crippen LogP contribution in [-0.2, 0) is 14.8 Å². The predicted molar refractivity (Wildman–Crippen MR) is 96.7 cm³/mol. The third-order valence-electron chi connectivity index (χ3n) is 5.20. The molecule has 1 amide bonds. The third-order valence-corrected chi connectivity index (χ3v) is 7.07. The van der Waals surface area contributed by atoms with Crippen LogP contribution < -0.4 is 10.6 Å². The summed E-state index contributed by atoms with van der Waals surface area (Å²) in [4.78, 5) is 12.1. The summed E-state index contributed by atoms with van der Waals surface area (Å²) in [5.74, 6) is -0.460. The fourth-order valence-electron chi connectivity index (χ4n) is 3.57. The van der Waals surface area contributed by atoms with Gasteiger partial charge in [-0.1, -0.05) is 6.07 Å². The summed E-state index contributed by atoms with van der Waals surface area (Å²) in [6, 6.07) is 3.89. The lowest BCUT2D eigenvalue weighted by atomic mass is 9.99. The minimum absolute atomic E-state index is 0.0110. The zero-order valence-corrected chi connectivity index (χ0v) is 15.8. The first-order valence-electron chi connectivity index (χ1n) is 9.15. The fourth-order valence-corrected chi connectivity index (χ4v) is 5.14. The monoisotopic (exact) mass is 383 g/mol. The summed E-state index contributed by atoms with van der Waals surface area (Å²) in [6.07, 6.45) is 3.44. The van der Waals surface area contributed by atoms with Gasteiger partial charge in [0, 0.05) is 19.6 Å². The minimum Gasteiger partial charge on any atom is -0.354 e. The average molecular weight is 383 g/mol. The summed E-state index contributed by atoms with van der Waals surface area (Å²) in [5.41, 5.74) is 0.420. The lowest BCUT2D eigenvalue weighted by molar-refractivity contribution is -0.123. The van der Waals surface area contributed by atoms with E-state index < -0.39 is 15.8 Å². The second-order valence-electron chi connectivity index (χ2n) is 7.18. The third kappa shape index (κ3) is 4.24. The van der Waals surface area contributed by atoms with Crippen molar-refractivity contribution in [3.05, 3.63) is 29.6 Å². The van der Waals surface area contributed by atoms with Crippen LogP contribution in [0.2, 0.25) is 0 Å². The first-order valence-corrected chi connectivity index (χ1v) is 10.6. The zero-order chi connectivity index (χ0) is 18.7. The molecule has 8 heteroatoms. The average Bonchev–Trinajstić information content (AvgIpc) is 3.17. The van der Waals surface area contributed by atoms with E-state index in [9.17, 15) is 17.6 Å². The molecule has 2 aliphatic heterocycles. The molecule has 2 atom stereocenters. The molecule has 1 aromatic rings. The Balaban J connectivity index is 1.61. The van der Waals surface area contributed by atoms with E-state index in [-0.39, 0.29) is 22.8 Å². The number of benzene rings is 1. The summed E-state index contributed by atoms with van der Waals surface area (Å²) in [7, 11) is -3.72. The summed E-state index contributed by atoms with van der Waals surface area (Å²) < 4.78 is 40.8. The molecule has 26 heavy (non-hydrogen) atoms. The number of piperidine rings is 1. The number of rotatable bonds is 5. The summed E-state index contributed by atoms with van der Waals surface area (Å²) in [5, 5.41) is 6.09. The summed E-state index contributed by atoms with van der Waals surface area (Å²) in [6.45, 7) is 3.69. The highest BCUT2D eigenvalue weighted by Crippen LogP contribution is 2.24. The molecule has 3 rings (SSSR count). The van der Waals surface area contributed by atoms with Crippen LogP contribution in [0.1, 0.15) is 31.2 Å². The normalized spacial score (nSPS) is 24.5. The second-order valence-corrected chi connectivity index (χ2v) is 9.11. The smallest absolute Gasteiger partial charge is 0.243 e. The van der Waals surface area contributed by atoms with E-state index in [1.54, 1.807) is 6.92 Å². The molecular weight excluding hydrogens is 357 g/mol. The van der Waals surface area contributed by atoms with Crippen molar-refractivity contribution in [2.45, 2.75) is 43.5 Å². The van der Waals surface area contributed by atoms with Crippen LogP contribution in [0.15, 0.2) is 23.1 Å². The van der Waals surface area contributed by atoms with E-state index >= 15 is 0 Å². The largest absolute Gasteiger partial charge is 0.354 e. The minimum atomic E-state index is -3.72. The van der Waals surface area contributed by atoms with Gasteiger partial charge < -0.3 is 10.6 Å². The molecule has 2 N–H and O–H groups in total. The maximum absolute atomic E-state index is 13.8. The van der Waals surface area contributed by atoms with Gasteiger partial charge >= 0.3 is 0 Å². The Labute approximate surface area is 154 Å². The van der Waals surface area contributed by atoms with Gasteiger partial charge in [-0.2, -0.15) is 4.31 Å². The molecular formula is C18H26FN3O3S. The molecule has 0 spiro atoms. The maximum atomic E-state index is 13.8. The first kappa shape index (κ1) is 19.3. The number of hydrogen-bond donors (Lipinski definition) is 2. The van der Waals surface area contributed by atoms with E-state index in [1.807, 2.05) is 0 Å². The van der Waals surface area contributed by atoms with Gasteiger partial charge in [0.25, 0.3) is 0 Å². The van der Waals surface area contributed by atoms with Crippen LogP contribution in [0, 0.1) is 18.7 Å². The molecule has 0 aromatic heterocycles. The van der Waals surface area contributed by atoms with Crippen LogP contribution in [0.5, 0.6) is 0 Å². The van der Waals surface area contributed by atoms with Crippen LogP contribution in [0.3, 0.4) is 0 Å². The number of hydrogen-bond acceptors (Lipinski definition) is 4. The first-order chi connectivity index (χ1) is 12.4. The standard InChI is InChI=1S/C18H26FN3O3S/c1-13-6-7-15(10-16(13)19)26(24,25)22-9-3-4-14(12-22)11-21-18(23)17-5-2-8-20-17/h6-7,10,14,17,20H,2-5,8-9,11-12H2,1H3,(H,21,23). The quantitative estimate of drug-likeness (QED) is 0.806. The highest BCUT2D eigenvalue weighted by molar-refractivity contribution is 7.89. The Bertz CT molecular complexity index is 763. The molecule has 2 unspecified atom stereocenters. The van der Waals surface area contributed by atoms with Crippen LogP contribution in [0.4, 0.5) is 4.39 Å². The Morgan fingerprint density at radius 2 is 2.15 bits per heavy atom. The topological polar surface area (TPSA) is 78.5 Å². The van der Waals surface area contributed by atoms with E-state index in [4.69, 9.17) is 0 Å². The number of carbonyl (C=O) groups excluding carboxylic acids is 1. The van der Waals surface area contributed by atoms with Crippen LogP contribution in [0.25, 0.3) is 0 Å². The maximum Gasteiger partial charge on any atom is 0.243 e. The molecule has 2 aliphatic rings. The fraction of sp³-hybridized carbons (Fsp3) is 0.611. The molecule has 2 saturated heterocycles. The number of aryl methyl sites for hydroxylation is 1.